The third kappa shape index (κ3) is 2.18. The van der Waals surface area contributed by atoms with Crippen LogP contribution in [-0.2, 0) is 6.18 Å². The predicted molar refractivity (Wildman–Crippen MR) is 56.3 cm³/mol. The van der Waals surface area contributed by atoms with Gasteiger partial charge >= 0.3 is 6.18 Å². The first-order valence-electron chi connectivity index (χ1n) is 5.00. The Morgan fingerprint density at radius 3 is 2.44 bits per heavy atom. The van der Waals surface area contributed by atoms with Crippen molar-refractivity contribution in [2.75, 3.05) is 0 Å². The van der Waals surface area contributed by atoms with E-state index in [9.17, 15) is 13.2 Å². The molecule has 16 heavy (non-hydrogen) atoms. The van der Waals surface area contributed by atoms with Gasteiger partial charge in [-0.15, -0.1) is 0 Å². The first kappa shape index (κ1) is 12.5. The molecule has 0 radical (unpaired) electrons. The van der Waals surface area contributed by atoms with Crippen LogP contribution in [0.2, 0.25) is 0 Å². The molecular formula is C11H13F3N2. The molecule has 0 N–H and O–H groups in total. The Morgan fingerprint density at radius 2 is 1.88 bits per heavy atom. The maximum Gasteiger partial charge on any atom is 0.418 e. The molecule has 0 fully saturated rings. The SMILES string of the molecule is CC.Cc1cnn2cccc(C(F)(F)F)c12. The molecule has 0 saturated heterocycles. The van der Waals surface area contributed by atoms with Crippen molar-refractivity contribution >= 4 is 5.52 Å². The summed E-state index contributed by atoms with van der Waals surface area (Å²) in [5, 5.41) is 3.81. The van der Waals surface area contributed by atoms with Gasteiger partial charge in [-0.05, 0) is 24.6 Å². The lowest BCUT2D eigenvalue weighted by Gasteiger charge is -2.08. The molecule has 2 aromatic rings. The van der Waals surface area contributed by atoms with Crippen molar-refractivity contribution < 1.29 is 13.2 Å². The summed E-state index contributed by atoms with van der Waals surface area (Å²) >= 11 is 0. The number of hydrogen-bond donors (Lipinski definition) is 0. The number of pyridine rings is 1. The minimum absolute atomic E-state index is 0.125. The van der Waals surface area contributed by atoms with Gasteiger partial charge in [-0.2, -0.15) is 18.3 Å². The molecule has 0 bridgehead atoms. The molecule has 0 amide bonds. The maximum absolute atomic E-state index is 12.5. The summed E-state index contributed by atoms with van der Waals surface area (Å²) in [4.78, 5) is 0. The van der Waals surface area contributed by atoms with Crippen LogP contribution in [0.5, 0.6) is 0 Å². The fourth-order valence-corrected chi connectivity index (χ4v) is 1.43. The normalized spacial score (nSPS) is 11.1. The van der Waals surface area contributed by atoms with Crippen LogP contribution in [0.3, 0.4) is 0 Å². The summed E-state index contributed by atoms with van der Waals surface area (Å²) in [5.74, 6) is 0. The van der Waals surface area contributed by atoms with E-state index in [-0.39, 0.29) is 5.52 Å². The number of aromatic nitrogens is 2. The van der Waals surface area contributed by atoms with E-state index in [1.807, 2.05) is 13.8 Å². The van der Waals surface area contributed by atoms with Crippen LogP contribution in [0, 0.1) is 6.92 Å². The number of aryl methyl sites for hydroxylation is 1. The smallest absolute Gasteiger partial charge is 0.240 e. The largest absolute Gasteiger partial charge is 0.418 e. The highest BCUT2D eigenvalue weighted by Gasteiger charge is 2.33. The molecule has 2 heterocycles. The van der Waals surface area contributed by atoms with Gasteiger partial charge in [0.05, 0.1) is 17.3 Å². The summed E-state index contributed by atoms with van der Waals surface area (Å²) in [7, 11) is 0. The molecule has 0 atom stereocenters. The van der Waals surface area contributed by atoms with Crippen molar-refractivity contribution in [2.24, 2.45) is 0 Å². The van der Waals surface area contributed by atoms with E-state index < -0.39 is 11.7 Å². The molecule has 0 aliphatic carbocycles. The summed E-state index contributed by atoms with van der Waals surface area (Å²) in [6.45, 7) is 5.61. The molecule has 0 saturated carbocycles. The van der Waals surface area contributed by atoms with Crippen molar-refractivity contribution in [3.05, 3.63) is 35.7 Å². The van der Waals surface area contributed by atoms with Crippen LogP contribution in [0.15, 0.2) is 24.5 Å². The van der Waals surface area contributed by atoms with Crippen LogP contribution in [0.1, 0.15) is 25.0 Å². The minimum atomic E-state index is -4.33. The van der Waals surface area contributed by atoms with Crippen LogP contribution >= 0.6 is 0 Å². The van der Waals surface area contributed by atoms with Crippen LogP contribution in [0.25, 0.3) is 5.52 Å². The lowest BCUT2D eigenvalue weighted by Crippen LogP contribution is -2.07. The van der Waals surface area contributed by atoms with Crippen molar-refractivity contribution in [1.29, 1.82) is 0 Å². The predicted octanol–water partition coefficient (Wildman–Crippen LogP) is 3.69. The highest BCUT2D eigenvalue weighted by molar-refractivity contribution is 5.60. The number of fused-ring (bicyclic) bond motifs is 1. The zero-order valence-corrected chi connectivity index (χ0v) is 9.34. The minimum Gasteiger partial charge on any atom is -0.240 e. The number of halogens is 3. The molecule has 0 spiro atoms. The van der Waals surface area contributed by atoms with E-state index in [4.69, 9.17) is 0 Å². The first-order valence-corrected chi connectivity index (χ1v) is 5.00. The Bertz CT molecular complexity index is 472. The Hall–Kier alpha value is -1.52. The van der Waals surface area contributed by atoms with Crippen molar-refractivity contribution in [3.63, 3.8) is 0 Å². The van der Waals surface area contributed by atoms with Gasteiger partial charge in [-0.25, -0.2) is 4.52 Å². The lowest BCUT2D eigenvalue weighted by molar-refractivity contribution is -0.136. The van der Waals surface area contributed by atoms with E-state index >= 15 is 0 Å². The van der Waals surface area contributed by atoms with E-state index in [1.54, 1.807) is 6.92 Å². The second-order valence-corrected chi connectivity index (χ2v) is 3.04. The van der Waals surface area contributed by atoms with Crippen LogP contribution in [0.4, 0.5) is 13.2 Å². The zero-order valence-electron chi connectivity index (χ0n) is 9.34. The second kappa shape index (κ2) is 4.55. The quantitative estimate of drug-likeness (QED) is 0.674. The molecule has 2 aromatic heterocycles. The Kier molecular flexibility index (Phi) is 3.57. The summed E-state index contributed by atoms with van der Waals surface area (Å²) < 4.78 is 38.8. The third-order valence-electron chi connectivity index (χ3n) is 2.03. The van der Waals surface area contributed by atoms with Crippen molar-refractivity contribution in [3.8, 4) is 0 Å². The Morgan fingerprint density at radius 1 is 1.25 bits per heavy atom. The van der Waals surface area contributed by atoms with E-state index in [0.717, 1.165) is 6.07 Å². The summed E-state index contributed by atoms with van der Waals surface area (Å²) in [6.07, 6.45) is -1.41. The number of nitrogens with zero attached hydrogens (tertiary/aromatic N) is 2. The molecule has 2 rings (SSSR count). The van der Waals surface area contributed by atoms with Gasteiger partial charge in [0.15, 0.2) is 0 Å². The lowest BCUT2D eigenvalue weighted by atomic mass is 10.2. The van der Waals surface area contributed by atoms with Gasteiger partial charge in [0, 0.05) is 6.20 Å². The standard InChI is InChI=1S/C9H7F3N2.C2H6/c1-6-5-13-14-4-2-3-7(8(6)14)9(10,11)12;1-2/h2-5H,1H3;1-2H3. The maximum atomic E-state index is 12.5. The van der Waals surface area contributed by atoms with Crippen molar-refractivity contribution in [1.82, 2.24) is 9.61 Å². The molecule has 0 aliphatic heterocycles. The zero-order chi connectivity index (χ0) is 12.3. The highest BCUT2D eigenvalue weighted by atomic mass is 19.4. The van der Waals surface area contributed by atoms with Gasteiger partial charge < -0.3 is 0 Å². The van der Waals surface area contributed by atoms with Gasteiger partial charge in [-0.3, -0.25) is 0 Å². The average Bonchev–Trinajstić information content (AvgIpc) is 2.62. The second-order valence-electron chi connectivity index (χ2n) is 3.04. The summed E-state index contributed by atoms with van der Waals surface area (Å²) in [5.41, 5.74) is 0.00734. The highest BCUT2D eigenvalue weighted by Crippen LogP contribution is 2.33. The van der Waals surface area contributed by atoms with Crippen molar-refractivity contribution in [2.45, 2.75) is 26.9 Å². The van der Waals surface area contributed by atoms with E-state index in [0.29, 0.717) is 5.56 Å². The first-order chi connectivity index (χ1) is 7.50. The fraction of sp³-hybridized carbons (Fsp3) is 0.364. The third-order valence-corrected chi connectivity index (χ3v) is 2.03. The number of rotatable bonds is 0. The molecule has 0 unspecified atom stereocenters. The van der Waals surface area contributed by atoms with Gasteiger partial charge in [0.2, 0.25) is 0 Å². The average molecular weight is 230 g/mol. The van der Waals surface area contributed by atoms with Crippen LogP contribution < -0.4 is 0 Å². The Balaban J connectivity index is 0.000000606. The molecule has 2 nitrogen and oxygen atoms in total. The molecule has 0 aromatic carbocycles. The topological polar surface area (TPSA) is 17.3 Å². The van der Waals surface area contributed by atoms with Crippen LogP contribution in [-0.4, -0.2) is 9.61 Å². The van der Waals surface area contributed by atoms with E-state index in [2.05, 4.69) is 5.10 Å². The summed E-state index contributed by atoms with van der Waals surface area (Å²) in [6, 6.07) is 2.40. The van der Waals surface area contributed by atoms with Gasteiger partial charge in [0.1, 0.15) is 0 Å². The number of alkyl halides is 3. The monoisotopic (exact) mass is 230 g/mol. The molecule has 88 valence electrons. The Labute approximate surface area is 91.7 Å². The molecular weight excluding hydrogens is 217 g/mol. The fourth-order valence-electron chi connectivity index (χ4n) is 1.43. The van der Waals surface area contributed by atoms with Gasteiger partial charge in [0.25, 0.3) is 0 Å². The van der Waals surface area contributed by atoms with Gasteiger partial charge in [-0.1, -0.05) is 13.8 Å². The number of hydrogen-bond acceptors (Lipinski definition) is 1. The van der Waals surface area contributed by atoms with E-state index in [1.165, 1.54) is 23.0 Å². The molecule has 0 aliphatic rings. The molecule has 5 heteroatoms.